The molecule has 0 saturated carbocycles. The Bertz CT molecular complexity index is 860. The molecule has 1 heterocycles. The van der Waals surface area contributed by atoms with Gasteiger partial charge < -0.3 is 4.74 Å². The molecule has 1 atom stereocenters. The van der Waals surface area contributed by atoms with Crippen LogP contribution in [0.15, 0.2) is 59.8 Å². The van der Waals surface area contributed by atoms with Gasteiger partial charge >= 0.3 is 0 Å². The van der Waals surface area contributed by atoms with Gasteiger partial charge in [0.15, 0.2) is 11.0 Å². The molecule has 2 aromatic carbocycles. The summed E-state index contributed by atoms with van der Waals surface area (Å²) in [6.07, 6.45) is 0. The van der Waals surface area contributed by atoms with Crippen LogP contribution in [0.3, 0.4) is 0 Å². The zero-order chi connectivity index (χ0) is 17.8. The quantitative estimate of drug-likeness (QED) is 0.627. The maximum Gasteiger partial charge on any atom is 0.196 e. The number of benzene rings is 2. The summed E-state index contributed by atoms with van der Waals surface area (Å²) in [5, 5.41) is 9.21. The Hall–Kier alpha value is -2.60. The lowest BCUT2D eigenvalue weighted by atomic mass is 10.2. The predicted molar refractivity (Wildman–Crippen MR) is 99.3 cm³/mol. The van der Waals surface area contributed by atoms with Crippen LogP contribution >= 0.6 is 11.8 Å². The molecule has 1 aromatic heterocycles. The Kier molecular flexibility index (Phi) is 5.19. The lowest BCUT2D eigenvalue weighted by Gasteiger charge is -2.12. The summed E-state index contributed by atoms with van der Waals surface area (Å²) in [6, 6.07) is 17.6. The van der Waals surface area contributed by atoms with Gasteiger partial charge in [-0.2, -0.15) is 0 Å². The molecule has 0 spiro atoms. The van der Waals surface area contributed by atoms with Crippen molar-refractivity contribution in [3.63, 3.8) is 0 Å². The summed E-state index contributed by atoms with van der Waals surface area (Å²) in [5.41, 5.74) is 1.89. The van der Waals surface area contributed by atoms with Crippen LogP contribution in [0.5, 0.6) is 5.75 Å². The van der Waals surface area contributed by atoms with E-state index in [9.17, 15) is 4.79 Å². The van der Waals surface area contributed by atoms with Crippen molar-refractivity contribution in [2.24, 2.45) is 0 Å². The van der Waals surface area contributed by atoms with Gasteiger partial charge in [-0.15, -0.1) is 10.2 Å². The van der Waals surface area contributed by atoms with E-state index in [0.717, 1.165) is 22.8 Å². The third-order valence-corrected chi connectivity index (χ3v) is 5.01. The average Bonchev–Trinajstić information content (AvgIpc) is 3.06. The number of ether oxygens (including phenoxy) is 1. The third-order valence-electron chi connectivity index (χ3n) is 3.85. The Labute approximate surface area is 151 Å². The number of Topliss-reactive ketones (excluding diaryl/α,β-unsaturated/α-hetero) is 1. The number of hydrogen-bond donors (Lipinski definition) is 0. The molecular weight excluding hydrogens is 334 g/mol. The number of methoxy groups -OCH3 is 1. The summed E-state index contributed by atoms with van der Waals surface area (Å²) in [4.78, 5) is 11.7. The lowest BCUT2D eigenvalue weighted by molar-refractivity contribution is -0.116. The first-order valence-electron chi connectivity index (χ1n) is 7.92. The first-order chi connectivity index (χ1) is 12.1. The molecule has 6 heteroatoms. The molecule has 3 rings (SSSR count). The Balaban J connectivity index is 2.08. The van der Waals surface area contributed by atoms with Gasteiger partial charge in [0.25, 0.3) is 0 Å². The van der Waals surface area contributed by atoms with E-state index in [2.05, 4.69) is 10.2 Å². The number of ketones is 1. The Morgan fingerprint density at radius 2 is 1.76 bits per heavy atom. The number of hydrogen-bond acceptors (Lipinski definition) is 5. The molecule has 0 bridgehead atoms. The highest BCUT2D eigenvalue weighted by atomic mass is 32.2. The fourth-order valence-electron chi connectivity index (χ4n) is 2.32. The van der Waals surface area contributed by atoms with E-state index in [4.69, 9.17) is 4.74 Å². The molecule has 5 nitrogen and oxygen atoms in total. The zero-order valence-electron chi connectivity index (χ0n) is 14.3. The monoisotopic (exact) mass is 353 g/mol. The van der Waals surface area contributed by atoms with E-state index in [1.165, 1.54) is 11.8 Å². The number of para-hydroxylation sites is 1. The first kappa shape index (κ1) is 17.2. The van der Waals surface area contributed by atoms with Crippen molar-refractivity contribution >= 4 is 17.5 Å². The van der Waals surface area contributed by atoms with Crippen LogP contribution < -0.4 is 4.74 Å². The fourth-order valence-corrected chi connectivity index (χ4v) is 3.19. The van der Waals surface area contributed by atoms with Crippen LogP contribution in [-0.2, 0) is 4.79 Å². The van der Waals surface area contributed by atoms with Gasteiger partial charge in [-0.1, -0.05) is 30.0 Å². The second-order valence-corrected chi connectivity index (χ2v) is 6.88. The topological polar surface area (TPSA) is 57.0 Å². The molecule has 128 valence electrons. The third kappa shape index (κ3) is 3.74. The van der Waals surface area contributed by atoms with Crippen LogP contribution in [0.2, 0.25) is 0 Å². The zero-order valence-corrected chi connectivity index (χ0v) is 15.2. The van der Waals surface area contributed by atoms with E-state index < -0.39 is 0 Å². The van der Waals surface area contributed by atoms with Crippen LogP contribution in [0.1, 0.15) is 13.8 Å². The second-order valence-electron chi connectivity index (χ2n) is 5.58. The molecule has 0 saturated heterocycles. The standard InChI is InChI=1S/C19H19N3O2S/c1-13(23)14(2)25-19-21-20-18(15-9-11-17(24-3)12-10-15)22(19)16-7-5-4-6-8-16/h4-12,14H,1-3H3. The fraction of sp³-hybridized carbons (Fsp3) is 0.211. The van der Waals surface area contributed by atoms with Gasteiger partial charge in [0.05, 0.1) is 12.4 Å². The van der Waals surface area contributed by atoms with Gasteiger partial charge in [0, 0.05) is 11.3 Å². The number of carbonyl (C=O) groups excluding carboxylic acids is 1. The normalized spacial score (nSPS) is 12.0. The highest BCUT2D eigenvalue weighted by molar-refractivity contribution is 8.00. The summed E-state index contributed by atoms with van der Waals surface area (Å²) >= 11 is 1.41. The van der Waals surface area contributed by atoms with Crippen molar-refractivity contribution in [1.29, 1.82) is 0 Å². The minimum absolute atomic E-state index is 0.110. The van der Waals surface area contributed by atoms with E-state index >= 15 is 0 Å². The average molecular weight is 353 g/mol. The number of thioether (sulfide) groups is 1. The second kappa shape index (κ2) is 7.53. The van der Waals surface area contributed by atoms with Gasteiger partial charge in [-0.25, -0.2) is 0 Å². The van der Waals surface area contributed by atoms with Crippen molar-refractivity contribution in [3.05, 3.63) is 54.6 Å². The Morgan fingerprint density at radius 3 is 2.36 bits per heavy atom. The van der Waals surface area contributed by atoms with E-state index in [0.29, 0.717) is 5.16 Å². The Morgan fingerprint density at radius 1 is 1.08 bits per heavy atom. The molecule has 1 unspecified atom stereocenters. The smallest absolute Gasteiger partial charge is 0.196 e. The largest absolute Gasteiger partial charge is 0.497 e. The molecule has 0 N–H and O–H groups in total. The molecule has 0 aliphatic rings. The number of rotatable bonds is 6. The molecule has 0 radical (unpaired) electrons. The van der Waals surface area contributed by atoms with Crippen molar-refractivity contribution in [1.82, 2.24) is 14.8 Å². The van der Waals surface area contributed by atoms with E-state index in [-0.39, 0.29) is 11.0 Å². The van der Waals surface area contributed by atoms with Crippen LogP contribution in [0.4, 0.5) is 0 Å². The predicted octanol–water partition coefficient (Wildman–Crippen LogP) is 4.01. The number of carbonyl (C=O) groups is 1. The molecule has 0 fully saturated rings. The number of nitrogens with zero attached hydrogens (tertiary/aromatic N) is 3. The van der Waals surface area contributed by atoms with Crippen LogP contribution in [0, 0.1) is 0 Å². The number of aromatic nitrogens is 3. The molecule has 0 aliphatic heterocycles. The highest BCUT2D eigenvalue weighted by Gasteiger charge is 2.19. The summed E-state index contributed by atoms with van der Waals surface area (Å²) in [7, 11) is 1.64. The summed E-state index contributed by atoms with van der Waals surface area (Å²) < 4.78 is 7.20. The van der Waals surface area contributed by atoms with Crippen molar-refractivity contribution < 1.29 is 9.53 Å². The molecular formula is C19H19N3O2S. The van der Waals surface area contributed by atoms with Crippen LogP contribution in [-0.4, -0.2) is 32.9 Å². The first-order valence-corrected chi connectivity index (χ1v) is 8.80. The van der Waals surface area contributed by atoms with Gasteiger partial charge in [-0.05, 0) is 50.2 Å². The van der Waals surface area contributed by atoms with Gasteiger partial charge in [0.1, 0.15) is 11.5 Å². The van der Waals surface area contributed by atoms with Crippen molar-refractivity contribution in [2.45, 2.75) is 24.3 Å². The van der Waals surface area contributed by atoms with Crippen LogP contribution in [0.25, 0.3) is 17.1 Å². The van der Waals surface area contributed by atoms with Gasteiger partial charge in [-0.3, -0.25) is 9.36 Å². The minimum Gasteiger partial charge on any atom is -0.497 e. The molecule has 25 heavy (non-hydrogen) atoms. The molecule has 0 amide bonds. The minimum atomic E-state index is -0.185. The highest BCUT2D eigenvalue weighted by Crippen LogP contribution is 2.30. The maximum atomic E-state index is 11.7. The SMILES string of the molecule is COc1ccc(-c2nnc(SC(C)C(C)=O)n2-c2ccccc2)cc1. The molecule has 3 aromatic rings. The summed E-state index contributed by atoms with van der Waals surface area (Å²) in [6.45, 7) is 3.47. The lowest BCUT2D eigenvalue weighted by Crippen LogP contribution is -2.10. The van der Waals surface area contributed by atoms with Crippen molar-refractivity contribution in [2.75, 3.05) is 7.11 Å². The van der Waals surface area contributed by atoms with E-state index in [1.807, 2.05) is 66.1 Å². The van der Waals surface area contributed by atoms with Crippen molar-refractivity contribution in [3.8, 4) is 22.8 Å². The van der Waals surface area contributed by atoms with E-state index in [1.54, 1.807) is 14.0 Å². The van der Waals surface area contributed by atoms with Gasteiger partial charge in [0.2, 0.25) is 0 Å². The molecule has 0 aliphatic carbocycles. The maximum absolute atomic E-state index is 11.7. The summed E-state index contributed by atoms with van der Waals surface area (Å²) in [5.74, 6) is 1.63.